The van der Waals surface area contributed by atoms with E-state index in [-0.39, 0.29) is 13.1 Å². The zero-order chi connectivity index (χ0) is 13.7. The summed E-state index contributed by atoms with van der Waals surface area (Å²) in [6.07, 6.45) is 0.402. The number of hydrogen-bond acceptors (Lipinski definition) is 2. The Labute approximate surface area is 128 Å². The molecule has 0 fully saturated rings. The molecule has 0 aliphatic rings. The zero-order valence-corrected chi connectivity index (χ0v) is 12.7. The first-order valence-corrected chi connectivity index (χ1v) is 6.52. The highest BCUT2D eigenvalue weighted by molar-refractivity contribution is 6.76. The van der Waals surface area contributed by atoms with Crippen LogP contribution < -0.4 is 10.6 Å². The number of nitrogens with one attached hydrogen (secondary N) is 2. The maximum Gasteiger partial charge on any atom is 0.272 e. The Bertz CT molecular complexity index is 257. The van der Waals surface area contributed by atoms with Crippen molar-refractivity contribution < 1.29 is 9.59 Å². The summed E-state index contributed by atoms with van der Waals surface area (Å²) in [5, 5.41) is 4.70. The summed E-state index contributed by atoms with van der Waals surface area (Å²) < 4.78 is -4.00. The molecule has 0 saturated carbocycles. The van der Waals surface area contributed by atoms with Gasteiger partial charge in [0.15, 0.2) is 0 Å². The van der Waals surface area contributed by atoms with Gasteiger partial charge in [-0.1, -0.05) is 69.6 Å². The molecule has 10 heteroatoms. The van der Waals surface area contributed by atoms with Crippen LogP contribution in [0.15, 0.2) is 0 Å². The summed E-state index contributed by atoms with van der Waals surface area (Å²) in [5.41, 5.74) is 0. The third-order valence-corrected chi connectivity index (χ3v) is 2.47. The Morgan fingerprint density at radius 1 is 0.765 bits per heavy atom. The Kier molecular flexibility index (Phi) is 7.61. The molecule has 0 aromatic rings. The van der Waals surface area contributed by atoms with E-state index in [0.29, 0.717) is 6.42 Å². The molecule has 0 aliphatic carbocycles. The number of hydrogen-bond donors (Lipinski definition) is 2. The van der Waals surface area contributed by atoms with Crippen LogP contribution >= 0.6 is 69.6 Å². The summed E-state index contributed by atoms with van der Waals surface area (Å²) in [6, 6.07) is 0. The minimum atomic E-state index is -2.00. The fraction of sp³-hybridized carbons (Fsp3) is 0.714. The Hall–Kier alpha value is 0.680. The summed E-state index contributed by atoms with van der Waals surface area (Å²) in [6.45, 7) is 0.430. The molecule has 0 radical (unpaired) electrons. The van der Waals surface area contributed by atoms with Crippen LogP contribution in [0.25, 0.3) is 0 Å². The molecule has 17 heavy (non-hydrogen) atoms. The molecule has 0 aromatic heterocycles. The van der Waals surface area contributed by atoms with Crippen LogP contribution in [-0.2, 0) is 9.59 Å². The normalized spacial score (nSPS) is 12.1. The highest BCUT2D eigenvalue weighted by Gasteiger charge is 2.31. The third kappa shape index (κ3) is 8.41. The predicted molar refractivity (Wildman–Crippen MR) is 71.2 cm³/mol. The van der Waals surface area contributed by atoms with Crippen molar-refractivity contribution >= 4 is 81.4 Å². The molecular weight excluding hydrogens is 357 g/mol. The van der Waals surface area contributed by atoms with Crippen molar-refractivity contribution in [2.45, 2.75) is 14.0 Å². The van der Waals surface area contributed by atoms with E-state index < -0.39 is 19.4 Å². The van der Waals surface area contributed by atoms with Crippen LogP contribution in [0.3, 0.4) is 0 Å². The first-order valence-electron chi connectivity index (χ1n) is 4.25. The lowest BCUT2D eigenvalue weighted by Crippen LogP contribution is -2.38. The molecule has 100 valence electrons. The van der Waals surface area contributed by atoms with E-state index in [1.807, 2.05) is 0 Å². The van der Waals surface area contributed by atoms with Crippen LogP contribution in [-0.4, -0.2) is 32.5 Å². The summed E-state index contributed by atoms with van der Waals surface area (Å²) in [5.74, 6) is -1.48. The van der Waals surface area contributed by atoms with Crippen LogP contribution in [0.2, 0.25) is 0 Å². The van der Waals surface area contributed by atoms with E-state index in [4.69, 9.17) is 69.6 Å². The number of rotatable bonds is 4. The maximum atomic E-state index is 11.1. The van der Waals surface area contributed by atoms with Gasteiger partial charge in [-0.2, -0.15) is 0 Å². The van der Waals surface area contributed by atoms with Gasteiger partial charge in [-0.3, -0.25) is 9.59 Å². The number of amides is 2. The molecule has 0 rings (SSSR count). The smallest absolute Gasteiger partial charge is 0.272 e. The van der Waals surface area contributed by atoms with Crippen molar-refractivity contribution in [3.05, 3.63) is 0 Å². The SMILES string of the molecule is O=C(NCCCNC(=O)C(Cl)(Cl)Cl)C(Cl)(Cl)Cl. The lowest BCUT2D eigenvalue weighted by molar-refractivity contribution is -0.120. The predicted octanol–water partition coefficient (Wildman–Crippen LogP) is 2.35. The minimum Gasteiger partial charge on any atom is -0.352 e. The van der Waals surface area contributed by atoms with Crippen LogP contribution in [0, 0.1) is 0 Å². The van der Waals surface area contributed by atoms with Crippen molar-refractivity contribution in [2.24, 2.45) is 0 Å². The average molecular weight is 365 g/mol. The van der Waals surface area contributed by atoms with Crippen LogP contribution in [0.5, 0.6) is 0 Å². The van der Waals surface area contributed by atoms with Gasteiger partial charge in [-0.25, -0.2) is 0 Å². The van der Waals surface area contributed by atoms with E-state index in [1.165, 1.54) is 0 Å². The summed E-state index contributed by atoms with van der Waals surface area (Å²) >= 11 is 31.8. The highest BCUT2D eigenvalue weighted by atomic mass is 35.6. The van der Waals surface area contributed by atoms with Gasteiger partial charge < -0.3 is 10.6 Å². The Morgan fingerprint density at radius 3 is 1.29 bits per heavy atom. The summed E-state index contributed by atoms with van der Waals surface area (Å²) in [7, 11) is 0. The molecular formula is C7H8Cl6N2O2. The van der Waals surface area contributed by atoms with Gasteiger partial charge in [0.25, 0.3) is 19.4 Å². The quantitative estimate of drug-likeness (QED) is 0.594. The molecule has 0 heterocycles. The van der Waals surface area contributed by atoms with Crippen molar-refractivity contribution in [3.8, 4) is 0 Å². The van der Waals surface area contributed by atoms with Gasteiger partial charge in [0.2, 0.25) is 0 Å². The Morgan fingerprint density at radius 2 is 1.06 bits per heavy atom. The van der Waals surface area contributed by atoms with Crippen molar-refractivity contribution in [1.29, 1.82) is 0 Å². The van der Waals surface area contributed by atoms with Crippen molar-refractivity contribution in [3.63, 3.8) is 0 Å². The molecule has 0 bridgehead atoms. The molecule has 0 unspecified atom stereocenters. The van der Waals surface area contributed by atoms with Gasteiger partial charge >= 0.3 is 0 Å². The fourth-order valence-electron chi connectivity index (χ4n) is 0.693. The van der Waals surface area contributed by atoms with E-state index in [0.717, 1.165) is 0 Å². The standard InChI is InChI=1S/C7H8Cl6N2O2/c8-6(9,10)4(16)14-2-1-3-15-5(17)7(11,12)13/h1-3H2,(H,14,16)(H,15,17). The molecule has 0 aromatic carbocycles. The van der Waals surface area contributed by atoms with E-state index >= 15 is 0 Å². The van der Waals surface area contributed by atoms with Gasteiger partial charge in [0.05, 0.1) is 0 Å². The minimum absolute atomic E-state index is 0.215. The van der Waals surface area contributed by atoms with Crippen LogP contribution in [0.1, 0.15) is 6.42 Å². The van der Waals surface area contributed by atoms with E-state index in [9.17, 15) is 9.59 Å². The van der Waals surface area contributed by atoms with Crippen molar-refractivity contribution in [1.82, 2.24) is 10.6 Å². The molecule has 4 nitrogen and oxygen atoms in total. The molecule has 2 amide bonds. The molecule has 0 saturated heterocycles. The second-order valence-electron chi connectivity index (χ2n) is 2.86. The second kappa shape index (κ2) is 7.31. The number of halogens is 6. The fourth-order valence-corrected chi connectivity index (χ4v) is 1.09. The maximum absolute atomic E-state index is 11.1. The molecule has 0 aliphatic heterocycles. The summed E-state index contributed by atoms with van der Waals surface area (Å²) in [4.78, 5) is 22.1. The largest absolute Gasteiger partial charge is 0.352 e. The third-order valence-electron chi connectivity index (χ3n) is 1.44. The lowest BCUT2D eigenvalue weighted by Gasteiger charge is -2.13. The number of alkyl halides is 6. The van der Waals surface area contributed by atoms with E-state index in [2.05, 4.69) is 10.6 Å². The average Bonchev–Trinajstić information content (AvgIpc) is 2.13. The van der Waals surface area contributed by atoms with Gasteiger partial charge in [-0.05, 0) is 6.42 Å². The van der Waals surface area contributed by atoms with Crippen LogP contribution in [0.4, 0.5) is 0 Å². The topological polar surface area (TPSA) is 58.2 Å². The number of carbonyl (C=O) groups excluding carboxylic acids is 2. The van der Waals surface area contributed by atoms with Gasteiger partial charge in [0, 0.05) is 13.1 Å². The van der Waals surface area contributed by atoms with Crippen molar-refractivity contribution in [2.75, 3.05) is 13.1 Å². The lowest BCUT2D eigenvalue weighted by atomic mass is 10.4. The Balaban J connectivity index is 3.68. The van der Waals surface area contributed by atoms with E-state index in [1.54, 1.807) is 0 Å². The number of carbonyl (C=O) groups is 2. The first kappa shape index (κ1) is 17.7. The second-order valence-corrected chi connectivity index (χ2v) is 7.42. The zero-order valence-electron chi connectivity index (χ0n) is 8.21. The van der Waals surface area contributed by atoms with Gasteiger partial charge in [0.1, 0.15) is 0 Å². The molecule has 0 spiro atoms. The van der Waals surface area contributed by atoms with Gasteiger partial charge in [-0.15, -0.1) is 0 Å². The molecule has 2 N–H and O–H groups in total. The first-order chi connectivity index (χ1) is 7.55. The highest BCUT2D eigenvalue weighted by Crippen LogP contribution is 2.26. The molecule has 0 atom stereocenters. The monoisotopic (exact) mass is 362 g/mol.